The van der Waals surface area contributed by atoms with Crippen molar-refractivity contribution in [1.82, 2.24) is 0 Å². The van der Waals surface area contributed by atoms with Crippen LogP contribution >= 0.6 is 0 Å². The molecule has 1 atom stereocenters. The molecular weight excluding hydrogens is 260 g/mol. The van der Waals surface area contributed by atoms with E-state index in [1.54, 1.807) is 0 Å². The van der Waals surface area contributed by atoms with Crippen LogP contribution in [0.25, 0.3) is 0 Å². The van der Waals surface area contributed by atoms with Crippen LogP contribution in [0.3, 0.4) is 0 Å². The van der Waals surface area contributed by atoms with Crippen molar-refractivity contribution < 1.29 is 9.90 Å². The number of rotatable bonds is 8. The van der Waals surface area contributed by atoms with Crippen LogP contribution in [-0.4, -0.2) is 17.0 Å². The van der Waals surface area contributed by atoms with E-state index in [0.29, 0.717) is 25.7 Å². The highest BCUT2D eigenvalue weighted by Crippen LogP contribution is 2.10. The summed E-state index contributed by atoms with van der Waals surface area (Å²) in [4.78, 5) is 11.9. The van der Waals surface area contributed by atoms with Crippen LogP contribution in [0.5, 0.6) is 0 Å². The largest absolute Gasteiger partial charge is 0.393 e. The highest BCUT2D eigenvalue weighted by Gasteiger charge is 2.09. The van der Waals surface area contributed by atoms with Gasteiger partial charge in [0.25, 0.3) is 0 Å². The zero-order valence-corrected chi connectivity index (χ0v) is 12.2. The maximum Gasteiger partial charge on any atom is 0.133 e. The summed E-state index contributed by atoms with van der Waals surface area (Å²) in [6.45, 7) is 0. The van der Waals surface area contributed by atoms with E-state index in [2.05, 4.69) is 0 Å². The monoisotopic (exact) mass is 282 g/mol. The van der Waals surface area contributed by atoms with Crippen LogP contribution in [0.2, 0.25) is 0 Å². The first-order valence-electron chi connectivity index (χ1n) is 7.51. The molecular formula is C19H22O2. The van der Waals surface area contributed by atoms with Crippen molar-refractivity contribution in [3.63, 3.8) is 0 Å². The van der Waals surface area contributed by atoms with Gasteiger partial charge in [0, 0.05) is 12.8 Å². The Hall–Kier alpha value is -1.93. The van der Waals surface area contributed by atoms with Crippen molar-refractivity contribution >= 4 is 5.78 Å². The second-order valence-electron chi connectivity index (χ2n) is 5.41. The van der Waals surface area contributed by atoms with E-state index in [1.807, 2.05) is 60.7 Å². The highest BCUT2D eigenvalue weighted by atomic mass is 16.3. The first kappa shape index (κ1) is 15.5. The quantitative estimate of drug-likeness (QED) is 0.803. The van der Waals surface area contributed by atoms with Gasteiger partial charge in [0.15, 0.2) is 0 Å². The number of ketones is 1. The van der Waals surface area contributed by atoms with E-state index in [1.165, 1.54) is 5.56 Å². The third kappa shape index (κ3) is 5.92. The average molecular weight is 282 g/mol. The van der Waals surface area contributed by atoms with Crippen LogP contribution in [0.4, 0.5) is 0 Å². The minimum Gasteiger partial charge on any atom is -0.393 e. The molecule has 0 saturated carbocycles. The number of hydrogen-bond donors (Lipinski definition) is 1. The maximum atomic E-state index is 11.9. The predicted octanol–water partition coefficient (Wildman–Crippen LogP) is 3.57. The van der Waals surface area contributed by atoms with Gasteiger partial charge in [-0.3, -0.25) is 4.79 Å². The van der Waals surface area contributed by atoms with Crippen molar-refractivity contribution in [3.8, 4) is 0 Å². The van der Waals surface area contributed by atoms with Gasteiger partial charge in [-0.25, -0.2) is 0 Å². The fourth-order valence-electron chi connectivity index (χ4n) is 2.37. The fourth-order valence-corrected chi connectivity index (χ4v) is 2.37. The molecule has 0 amide bonds. The molecule has 0 saturated heterocycles. The summed E-state index contributed by atoms with van der Waals surface area (Å²) in [5, 5.41) is 9.98. The molecule has 0 fully saturated rings. The Morgan fingerprint density at radius 1 is 0.857 bits per heavy atom. The number of Topliss-reactive ketones (excluding diaryl/α,β-unsaturated/α-hetero) is 1. The zero-order valence-electron chi connectivity index (χ0n) is 12.2. The Morgan fingerprint density at radius 2 is 1.43 bits per heavy atom. The summed E-state index contributed by atoms with van der Waals surface area (Å²) in [6, 6.07) is 19.9. The summed E-state index contributed by atoms with van der Waals surface area (Å²) in [7, 11) is 0. The first-order chi connectivity index (χ1) is 10.2. The van der Waals surface area contributed by atoms with Crippen LogP contribution < -0.4 is 0 Å². The zero-order chi connectivity index (χ0) is 14.9. The number of benzene rings is 2. The summed E-state index contributed by atoms with van der Waals surface area (Å²) >= 11 is 0. The van der Waals surface area contributed by atoms with Crippen LogP contribution in [-0.2, 0) is 17.6 Å². The molecule has 0 heterocycles. The molecule has 1 unspecified atom stereocenters. The van der Waals surface area contributed by atoms with E-state index in [9.17, 15) is 9.90 Å². The normalized spacial score (nSPS) is 12.0. The molecule has 0 aliphatic rings. The van der Waals surface area contributed by atoms with Crippen molar-refractivity contribution in [2.45, 2.75) is 38.2 Å². The topological polar surface area (TPSA) is 37.3 Å². The van der Waals surface area contributed by atoms with Gasteiger partial charge >= 0.3 is 0 Å². The molecule has 0 aliphatic heterocycles. The molecule has 0 bridgehead atoms. The first-order valence-corrected chi connectivity index (χ1v) is 7.51. The van der Waals surface area contributed by atoms with Crippen molar-refractivity contribution in [1.29, 1.82) is 0 Å². The number of aryl methyl sites for hydroxylation is 1. The summed E-state index contributed by atoms with van der Waals surface area (Å²) in [5.41, 5.74) is 2.30. The molecule has 0 radical (unpaired) electrons. The van der Waals surface area contributed by atoms with E-state index in [0.717, 1.165) is 12.0 Å². The molecule has 110 valence electrons. The van der Waals surface area contributed by atoms with E-state index in [-0.39, 0.29) is 5.78 Å². The fraction of sp³-hybridized carbons (Fsp3) is 0.316. The van der Waals surface area contributed by atoms with E-state index in [4.69, 9.17) is 0 Å². The Bertz CT molecular complexity index is 534. The smallest absolute Gasteiger partial charge is 0.133 e. The van der Waals surface area contributed by atoms with Gasteiger partial charge in [0.2, 0.25) is 0 Å². The Morgan fingerprint density at radius 3 is 2.05 bits per heavy atom. The minimum atomic E-state index is -0.437. The lowest BCUT2D eigenvalue weighted by Crippen LogP contribution is -2.13. The van der Waals surface area contributed by atoms with Gasteiger partial charge in [-0.15, -0.1) is 0 Å². The summed E-state index contributed by atoms with van der Waals surface area (Å²) in [5.74, 6) is 0.228. The highest BCUT2D eigenvalue weighted by molar-refractivity contribution is 5.78. The number of carbonyl (C=O) groups excluding carboxylic acids is 1. The molecule has 2 rings (SSSR count). The van der Waals surface area contributed by atoms with Crippen molar-refractivity contribution in [3.05, 3.63) is 71.8 Å². The van der Waals surface area contributed by atoms with Crippen LogP contribution in [0, 0.1) is 0 Å². The third-order valence-corrected chi connectivity index (χ3v) is 3.61. The van der Waals surface area contributed by atoms with Gasteiger partial charge < -0.3 is 5.11 Å². The maximum absolute atomic E-state index is 11.9. The second-order valence-corrected chi connectivity index (χ2v) is 5.41. The SMILES string of the molecule is O=C(CCc1ccccc1)CCC(O)Cc1ccccc1. The van der Waals surface area contributed by atoms with Gasteiger partial charge in [-0.2, -0.15) is 0 Å². The molecule has 21 heavy (non-hydrogen) atoms. The lowest BCUT2D eigenvalue weighted by molar-refractivity contribution is -0.119. The minimum absolute atomic E-state index is 0.228. The van der Waals surface area contributed by atoms with Crippen molar-refractivity contribution in [2.75, 3.05) is 0 Å². The molecule has 1 N–H and O–H groups in total. The number of hydrogen-bond acceptors (Lipinski definition) is 2. The third-order valence-electron chi connectivity index (χ3n) is 3.61. The number of aliphatic hydroxyl groups is 1. The molecule has 2 heteroatoms. The van der Waals surface area contributed by atoms with E-state index < -0.39 is 6.10 Å². The Labute approximate surface area is 126 Å². The van der Waals surface area contributed by atoms with Crippen LogP contribution in [0.15, 0.2) is 60.7 Å². The van der Waals surface area contributed by atoms with Gasteiger partial charge in [0.05, 0.1) is 6.10 Å². The van der Waals surface area contributed by atoms with Crippen molar-refractivity contribution in [2.24, 2.45) is 0 Å². The molecule has 0 aliphatic carbocycles. The van der Waals surface area contributed by atoms with Gasteiger partial charge in [-0.05, 0) is 30.4 Å². The summed E-state index contributed by atoms with van der Waals surface area (Å²) < 4.78 is 0. The molecule has 2 aromatic rings. The number of carbonyl (C=O) groups is 1. The predicted molar refractivity (Wildman–Crippen MR) is 85.2 cm³/mol. The molecule has 2 nitrogen and oxygen atoms in total. The molecule has 0 aromatic heterocycles. The second kappa shape index (κ2) is 8.38. The number of aliphatic hydroxyl groups excluding tert-OH is 1. The summed E-state index contributed by atoms with van der Waals surface area (Å²) in [6.07, 6.45) is 2.53. The standard InChI is InChI=1S/C19H22O2/c20-18(12-11-16-7-3-1-4-8-16)13-14-19(21)15-17-9-5-2-6-10-17/h1-10,19,21H,11-15H2. The lowest BCUT2D eigenvalue weighted by Gasteiger charge is -2.10. The van der Waals surface area contributed by atoms with Gasteiger partial charge in [0.1, 0.15) is 5.78 Å². The Kier molecular flexibility index (Phi) is 6.17. The molecule has 0 spiro atoms. The van der Waals surface area contributed by atoms with Crippen LogP contribution in [0.1, 0.15) is 30.4 Å². The lowest BCUT2D eigenvalue weighted by atomic mass is 10.0. The van der Waals surface area contributed by atoms with Gasteiger partial charge in [-0.1, -0.05) is 60.7 Å². The van der Waals surface area contributed by atoms with E-state index >= 15 is 0 Å². The average Bonchev–Trinajstić information content (AvgIpc) is 2.53. The Balaban J connectivity index is 1.66. The molecule has 2 aromatic carbocycles.